The molecule has 4 amide bonds. The average Bonchev–Trinajstić information content (AvgIpc) is 3.76. The van der Waals surface area contributed by atoms with Gasteiger partial charge in [-0.1, -0.05) is 17.7 Å². The molecule has 0 aliphatic carbocycles. The van der Waals surface area contributed by atoms with Crippen LogP contribution in [0.15, 0.2) is 67.3 Å². The lowest BCUT2D eigenvalue weighted by Gasteiger charge is -2.40. The zero-order valence-electron chi connectivity index (χ0n) is 32.6. The molecular formula is C41H44ClF2N10O4+. The van der Waals surface area contributed by atoms with Gasteiger partial charge in [0.1, 0.15) is 6.54 Å². The summed E-state index contributed by atoms with van der Waals surface area (Å²) in [5.41, 5.74) is 1.75. The van der Waals surface area contributed by atoms with E-state index in [4.69, 9.17) is 11.6 Å². The third kappa shape index (κ3) is 8.48. The molecule has 0 unspecified atom stereocenters. The first-order valence-corrected chi connectivity index (χ1v) is 19.3. The normalized spacial score (nSPS) is 15.6. The molecule has 14 nitrogen and oxygen atoms in total. The Balaban J connectivity index is 0.974. The number of anilines is 2. The summed E-state index contributed by atoms with van der Waals surface area (Å²) in [6.07, 6.45) is 7.56. The van der Waals surface area contributed by atoms with Crippen LogP contribution in [0.2, 0.25) is 5.02 Å². The molecule has 0 atom stereocenters. The topological polar surface area (TPSA) is 147 Å². The number of hydrogen-bond donors (Lipinski definition) is 2. The first-order chi connectivity index (χ1) is 27.7. The molecular weight excluding hydrogens is 770 g/mol. The van der Waals surface area contributed by atoms with Crippen molar-refractivity contribution in [3.8, 4) is 22.4 Å². The summed E-state index contributed by atoms with van der Waals surface area (Å²) in [4.78, 5) is 64.1. The summed E-state index contributed by atoms with van der Waals surface area (Å²) in [7, 11) is 5.87. The number of halogens is 3. The van der Waals surface area contributed by atoms with Gasteiger partial charge in [0.15, 0.2) is 17.5 Å². The Morgan fingerprint density at radius 3 is 2.26 bits per heavy atom. The number of nitrogens with zero attached hydrogens (tertiary/aromatic N) is 8. The quantitative estimate of drug-likeness (QED) is 0.194. The van der Waals surface area contributed by atoms with Crippen LogP contribution in [-0.2, 0) is 23.2 Å². The number of benzene rings is 2. The van der Waals surface area contributed by atoms with E-state index in [2.05, 4.69) is 39.8 Å². The molecule has 17 heteroatoms. The van der Waals surface area contributed by atoms with Crippen molar-refractivity contribution >= 4 is 46.6 Å². The number of piperidine rings is 1. The van der Waals surface area contributed by atoms with Crippen LogP contribution in [0, 0.1) is 24.5 Å². The zero-order chi connectivity index (χ0) is 41.3. The number of nitrogens with one attached hydrogen (secondary N) is 2. The first kappa shape index (κ1) is 40.2. The number of quaternary nitrogens is 1. The molecule has 7 rings (SSSR count). The monoisotopic (exact) mass is 813 g/mol. The highest BCUT2D eigenvalue weighted by molar-refractivity contribution is 6.34. The van der Waals surface area contributed by atoms with E-state index in [9.17, 15) is 19.2 Å². The molecule has 5 heterocycles. The molecule has 5 aromatic rings. The molecule has 302 valence electrons. The highest BCUT2D eigenvalue weighted by Crippen LogP contribution is 2.33. The smallest absolute Gasteiger partial charge is 0.291 e. The maximum atomic E-state index is 15.7. The predicted octanol–water partition coefficient (Wildman–Crippen LogP) is 5.25. The van der Waals surface area contributed by atoms with E-state index >= 15 is 8.78 Å². The maximum absolute atomic E-state index is 15.7. The predicted molar refractivity (Wildman–Crippen MR) is 214 cm³/mol. The van der Waals surface area contributed by atoms with E-state index in [0.717, 1.165) is 30.4 Å². The van der Waals surface area contributed by atoms with E-state index in [1.807, 2.05) is 4.90 Å². The Kier molecular flexibility index (Phi) is 11.4. The van der Waals surface area contributed by atoms with Crippen molar-refractivity contribution in [3.05, 3.63) is 101 Å². The van der Waals surface area contributed by atoms with Gasteiger partial charge in [-0.2, -0.15) is 5.10 Å². The van der Waals surface area contributed by atoms with Crippen molar-refractivity contribution in [1.82, 2.24) is 34.1 Å². The van der Waals surface area contributed by atoms with Crippen molar-refractivity contribution in [3.63, 3.8) is 0 Å². The fourth-order valence-electron chi connectivity index (χ4n) is 7.50. The lowest BCUT2D eigenvalue weighted by molar-refractivity contribution is -0.895. The van der Waals surface area contributed by atoms with Crippen molar-refractivity contribution in [2.75, 3.05) is 64.0 Å². The van der Waals surface area contributed by atoms with Crippen LogP contribution in [0.1, 0.15) is 39.5 Å². The van der Waals surface area contributed by atoms with Gasteiger partial charge < -0.3 is 29.5 Å². The maximum Gasteiger partial charge on any atom is 0.291 e. The van der Waals surface area contributed by atoms with Gasteiger partial charge in [-0.3, -0.25) is 28.8 Å². The fraction of sp³-hybridized carbons (Fsp3) is 0.341. The molecule has 58 heavy (non-hydrogen) atoms. The number of carbonyl (C=O) groups is 4. The van der Waals surface area contributed by atoms with Gasteiger partial charge in [0, 0.05) is 86.8 Å². The molecule has 0 radical (unpaired) electrons. The zero-order valence-corrected chi connectivity index (χ0v) is 33.4. The molecule has 2 aliphatic heterocycles. The van der Waals surface area contributed by atoms with Gasteiger partial charge >= 0.3 is 0 Å². The van der Waals surface area contributed by atoms with Gasteiger partial charge in [0.05, 0.1) is 67.2 Å². The van der Waals surface area contributed by atoms with Crippen molar-refractivity contribution in [2.45, 2.75) is 26.3 Å². The molecule has 3 aromatic heterocycles. The van der Waals surface area contributed by atoms with E-state index in [-0.39, 0.29) is 63.4 Å². The molecule has 0 bridgehead atoms. The fourth-order valence-corrected chi connectivity index (χ4v) is 7.76. The SMILES string of the molecule is Cc1nn(CC(=O)Nc2cccnc2)cc1-c1ccc(-c2cnc(C(=O)Nc3ccc(C(=O)N4CCN(C(=O)C5CC[N+](C)(C)CC5)CC4)c(Cl)c3)n2C)c(F)c1F. The van der Waals surface area contributed by atoms with Crippen LogP contribution in [0.5, 0.6) is 0 Å². The summed E-state index contributed by atoms with van der Waals surface area (Å²) in [6, 6.07) is 10.7. The van der Waals surface area contributed by atoms with Gasteiger partial charge in [0.2, 0.25) is 11.8 Å². The van der Waals surface area contributed by atoms with Crippen molar-refractivity contribution < 1.29 is 32.4 Å². The van der Waals surface area contributed by atoms with Crippen molar-refractivity contribution in [1.29, 1.82) is 0 Å². The number of aryl methyl sites for hydroxylation is 1. The van der Waals surface area contributed by atoms with Gasteiger partial charge in [-0.25, -0.2) is 13.8 Å². The van der Waals surface area contributed by atoms with Crippen LogP contribution in [-0.4, -0.2) is 116 Å². The molecule has 0 spiro atoms. The number of carbonyl (C=O) groups excluding carboxylic acids is 4. The minimum absolute atomic E-state index is 0.0271. The minimum Gasteiger partial charge on any atom is -0.339 e. The number of piperazine rings is 1. The Morgan fingerprint density at radius 2 is 1.57 bits per heavy atom. The van der Waals surface area contributed by atoms with Crippen molar-refractivity contribution in [2.24, 2.45) is 13.0 Å². The largest absolute Gasteiger partial charge is 0.339 e. The van der Waals surface area contributed by atoms with Gasteiger partial charge in [-0.05, 0) is 43.3 Å². The van der Waals surface area contributed by atoms with Crippen LogP contribution in [0.4, 0.5) is 20.2 Å². The van der Waals surface area contributed by atoms with Gasteiger partial charge in [0.25, 0.3) is 11.8 Å². The van der Waals surface area contributed by atoms with Gasteiger partial charge in [-0.15, -0.1) is 0 Å². The summed E-state index contributed by atoms with van der Waals surface area (Å²) in [5, 5.41) is 9.86. The van der Waals surface area contributed by atoms with Crippen LogP contribution >= 0.6 is 11.6 Å². The summed E-state index contributed by atoms with van der Waals surface area (Å²) in [5.74, 6) is -3.45. The number of pyridine rings is 1. The molecule has 0 saturated carbocycles. The lowest BCUT2D eigenvalue weighted by Crippen LogP contribution is -2.54. The molecule has 2 N–H and O–H groups in total. The Hall–Kier alpha value is -6.00. The lowest BCUT2D eigenvalue weighted by atomic mass is 9.94. The minimum atomic E-state index is -1.15. The van der Waals surface area contributed by atoms with E-state index < -0.39 is 17.5 Å². The second kappa shape index (κ2) is 16.5. The highest BCUT2D eigenvalue weighted by atomic mass is 35.5. The third-order valence-electron chi connectivity index (χ3n) is 10.9. The average molecular weight is 814 g/mol. The molecule has 2 saturated heterocycles. The van der Waals surface area contributed by atoms with E-state index in [1.165, 1.54) is 59.2 Å². The Labute approximate surface area is 339 Å². The molecule has 2 aliphatic rings. The summed E-state index contributed by atoms with van der Waals surface area (Å²) in [6.45, 7) is 5.10. The first-order valence-electron chi connectivity index (χ1n) is 18.9. The Morgan fingerprint density at radius 1 is 0.879 bits per heavy atom. The highest BCUT2D eigenvalue weighted by Gasteiger charge is 2.35. The van der Waals surface area contributed by atoms with E-state index in [1.54, 1.807) is 36.2 Å². The summed E-state index contributed by atoms with van der Waals surface area (Å²) < 4.78 is 35.0. The van der Waals surface area contributed by atoms with Crippen LogP contribution in [0.25, 0.3) is 22.4 Å². The number of aromatic nitrogens is 5. The molecule has 2 fully saturated rings. The standard InChI is InChI=1S/C41H43ClF2N10O4/c1-25-32(23-53(49-25)24-35(55)47-28-6-5-13-45-21-28)29-9-10-31(37(44)36(29)43)34-22-46-38(50(34)2)39(56)48-27-7-8-30(33(42)20-27)41(58)52-16-14-51(15-17-52)40(57)26-11-18-54(3,4)19-12-26/h5-10,13,20-23,26H,11-12,14-19,24H2,1-4H3,(H-,47,48,55,56,58)/p+1. The third-order valence-corrected chi connectivity index (χ3v) is 11.2. The number of hydrogen-bond acceptors (Lipinski definition) is 7. The second-order valence-electron chi connectivity index (χ2n) is 15.4. The second-order valence-corrected chi connectivity index (χ2v) is 15.8. The molecule has 2 aromatic carbocycles. The van der Waals surface area contributed by atoms with E-state index in [0.29, 0.717) is 48.8 Å². The number of imidazole rings is 1. The number of amides is 4. The van der Waals surface area contributed by atoms with Crippen LogP contribution in [0.3, 0.4) is 0 Å². The Bertz CT molecular complexity index is 2380. The van der Waals surface area contributed by atoms with Crippen LogP contribution < -0.4 is 10.6 Å². The number of rotatable bonds is 9. The summed E-state index contributed by atoms with van der Waals surface area (Å²) >= 11 is 6.56. The number of likely N-dealkylation sites (tertiary alicyclic amines) is 1.